The number of piperazine rings is 1. The predicted molar refractivity (Wildman–Crippen MR) is 127 cm³/mol. The molecule has 0 saturated carbocycles. The monoisotopic (exact) mass is 484 g/mol. The normalized spacial score (nSPS) is 16.9. The third kappa shape index (κ3) is 4.87. The first-order chi connectivity index (χ1) is 16.8. The maximum atomic E-state index is 13.7. The molecule has 1 saturated heterocycles. The number of benzene rings is 1. The van der Waals surface area contributed by atoms with Gasteiger partial charge < -0.3 is 15.1 Å². The van der Waals surface area contributed by atoms with Gasteiger partial charge in [-0.15, -0.1) is 0 Å². The Bertz CT molecular complexity index is 1250. The fraction of sp³-hybridized carbons (Fsp3) is 0.440. The van der Waals surface area contributed by atoms with Crippen molar-refractivity contribution in [3.05, 3.63) is 53.0 Å². The quantitative estimate of drug-likeness (QED) is 0.558. The third-order valence-corrected chi connectivity index (χ3v) is 6.76. The van der Waals surface area contributed by atoms with Gasteiger partial charge in [0.1, 0.15) is 17.5 Å². The van der Waals surface area contributed by atoms with E-state index in [1.54, 1.807) is 19.2 Å². The van der Waals surface area contributed by atoms with Gasteiger partial charge in [-0.25, -0.2) is 15.0 Å². The SMILES string of the molecule is CC(=O)N1CCN(c2cc3c4nc(nc3cn2)CCCCc2c(cccc2C(F)(F)F)CN4)CC1. The Morgan fingerprint density at radius 3 is 2.57 bits per heavy atom. The number of aryl methyl sites for hydroxylation is 1. The number of amides is 1. The number of carbonyl (C=O) groups is 1. The van der Waals surface area contributed by atoms with Gasteiger partial charge in [0.15, 0.2) is 0 Å². The van der Waals surface area contributed by atoms with E-state index in [2.05, 4.69) is 20.2 Å². The minimum absolute atomic E-state index is 0.0647. The number of rotatable bonds is 1. The second kappa shape index (κ2) is 9.31. The molecule has 1 aromatic carbocycles. The topological polar surface area (TPSA) is 74.2 Å². The van der Waals surface area contributed by atoms with E-state index in [0.717, 1.165) is 17.3 Å². The lowest BCUT2D eigenvalue weighted by Crippen LogP contribution is -2.48. The van der Waals surface area contributed by atoms with Gasteiger partial charge in [-0.1, -0.05) is 12.1 Å². The molecule has 10 heteroatoms. The van der Waals surface area contributed by atoms with Crippen LogP contribution in [0.5, 0.6) is 0 Å². The molecular weight excluding hydrogens is 457 g/mol. The van der Waals surface area contributed by atoms with Crippen LogP contribution in [0.15, 0.2) is 30.5 Å². The number of alkyl halides is 3. The van der Waals surface area contributed by atoms with Crippen LogP contribution in [0.4, 0.5) is 24.8 Å². The van der Waals surface area contributed by atoms with Gasteiger partial charge in [-0.05, 0) is 42.5 Å². The molecule has 0 unspecified atom stereocenters. The zero-order chi connectivity index (χ0) is 24.6. The zero-order valence-electron chi connectivity index (χ0n) is 19.5. The molecule has 7 nitrogen and oxygen atoms in total. The van der Waals surface area contributed by atoms with Crippen LogP contribution < -0.4 is 10.2 Å². The van der Waals surface area contributed by atoms with Crippen LogP contribution in [0, 0.1) is 0 Å². The number of aromatic nitrogens is 3. The molecule has 2 aromatic heterocycles. The number of carbonyl (C=O) groups excluding carboxylic acids is 1. The summed E-state index contributed by atoms with van der Waals surface area (Å²) in [6.45, 7) is 4.42. The van der Waals surface area contributed by atoms with Crippen molar-refractivity contribution in [2.75, 3.05) is 36.4 Å². The minimum atomic E-state index is -4.39. The molecule has 2 aliphatic rings. The van der Waals surface area contributed by atoms with Crippen LogP contribution in [0.2, 0.25) is 0 Å². The highest BCUT2D eigenvalue weighted by Gasteiger charge is 2.34. The van der Waals surface area contributed by atoms with Gasteiger partial charge in [-0.2, -0.15) is 13.2 Å². The van der Waals surface area contributed by atoms with Gasteiger partial charge >= 0.3 is 6.18 Å². The Morgan fingerprint density at radius 2 is 1.83 bits per heavy atom. The van der Waals surface area contributed by atoms with Crippen molar-refractivity contribution in [1.82, 2.24) is 19.9 Å². The number of hydrogen-bond donors (Lipinski definition) is 1. The summed E-state index contributed by atoms with van der Waals surface area (Å²) in [5, 5.41) is 4.07. The lowest BCUT2D eigenvalue weighted by molar-refractivity contribution is -0.138. The Labute approximate surface area is 201 Å². The largest absolute Gasteiger partial charge is 0.416 e. The second-order valence-electron chi connectivity index (χ2n) is 9.04. The van der Waals surface area contributed by atoms with Crippen molar-refractivity contribution < 1.29 is 18.0 Å². The molecule has 35 heavy (non-hydrogen) atoms. The van der Waals surface area contributed by atoms with Crippen LogP contribution in [0.25, 0.3) is 10.9 Å². The van der Waals surface area contributed by atoms with E-state index in [1.807, 2.05) is 11.0 Å². The van der Waals surface area contributed by atoms with Crippen LogP contribution in [0.3, 0.4) is 0 Å². The van der Waals surface area contributed by atoms with E-state index < -0.39 is 11.7 Å². The lowest BCUT2D eigenvalue weighted by Gasteiger charge is -2.35. The molecule has 0 spiro atoms. The zero-order valence-corrected chi connectivity index (χ0v) is 19.5. The van der Waals surface area contributed by atoms with E-state index >= 15 is 0 Å². The number of hydrogen-bond acceptors (Lipinski definition) is 6. The molecule has 184 valence electrons. The summed E-state index contributed by atoms with van der Waals surface area (Å²) in [5.41, 5.74) is 1.12. The molecule has 4 heterocycles. The van der Waals surface area contributed by atoms with Gasteiger partial charge in [0.05, 0.1) is 17.3 Å². The lowest BCUT2D eigenvalue weighted by atomic mass is 9.95. The molecule has 0 atom stereocenters. The van der Waals surface area contributed by atoms with E-state index in [0.29, 0.717) is 80.1 Å². The van der Waals surface area contributed by atoms with Crippen molar-refractivity contribution in [1.29, 1.82) is 0 Å². The fourth-order valence-corrected chi connectivity index (χ4v) is 4.86. The number of nitrogens with one attached hydrogen (secondary N) is 1. The first kappa shape index (κ1) is 23.3. The number of anilines is 2. The Hall–Kier alpha value is -3.43. The number of fused-ring (bicyclic) bond motifs is 5. The summed E-state index contributed by atoms with van der Waals surface area (Å²) >= 11 is 0. The molecule has 1 amide bonds. The summed E-state index contributed by atoms with van der Waals surface area (Å²) < 4.78 is 41.0. The van der Waals surface area contributed by atoms with Gasteiger partial charge in [0.2, 0.25) is 5.91 Å². The standard InChI is InChI=1S/C25H27F3N6O/c1-16(35)33-9-11-34(12-10-33)23-13-19-21(15-29-23)31-22-8-3-2-6-18-17(14-30-24(19)32-22)5-4-7-20(18)25(26,27)28/h4-5,7,13,15H,2-3,6,8-12,14H2,1H3,(H,30,31,32). The highest BCUT2D eigenvalue weighted by molar-refractivity contribution is 5.90. The van der Waals surface area contributed by atoms with Gasteiger partial charge in [-0.3, -0.25) is 4.79 Å². The van der Waals surface area contributed by atoms with Crippen molar-refractivity contribution in [2.24, 2.45) is 0 Å². The van der Waals surface area contributed by atoms with Crippen LogP contribution in [0.1, 0.15) is 42.3 Å². The molecule has 0 aliphatic carbocycles. The molecule has 2 aliphatic heterocycles. The van der Waals surface area contributed by atoms with E-state index in [4.69, 9.17) is 4.98 Å². The molecule has 3 aromatic rings. The maximum absolute atomic E-state index is 13.7. The Balaban J connectivity index is 1.48. The Morgan fingerprint density at radius 1 is 1.06 bits per heavy atom. The molecule has 2 bridgehead atoms. The van der Waals surface area contributed by atoms with E-state index in [9.17, 15) is 18.0 Å². The van der Waals surface area contributed by atoms with E-state index in [-0.39, 0.29) is 12.5 Å². The highest BCUT2D eigenvalue weighted by atomic mass is 19.4. The minimum Gasteiger partial charge on any atom is -0.365 e. The summed E-state index contributed by atoms with van der Waals surface area (Å²) in [5.74, 6) is 2.09. The molecule has 1 fully saturated rings. The van der Waals surface area contributed by atoms with Crippen molar-refractivity contribution >= 4 is 28.4 Å². The van der Waals surface area contributed by atoms with Crippen LogP contribution >= 0.6 is 0 Å². The number of nitrogens with zero attached hydrogens (tertiary/aromatic N) is 5. The average Bonchev–Trinajstić information content (AvgIpc) is 2.87. The Kier molecular flexibility index (Phi) is 6.21. The number of halogens is 3. The summed E-state index contributed by atoms with van der Waals surface area (Å²) in [6, 6.07) is 6.31. The average molecular weight is 485 g/mol. The molecular formula is C25H27F3N6O. The second-order valence-corrected chi connectivity index (χ2v) is 9.04. The van der Waals surface area contributed by atoms with Crippen molar-refractivity contribution in [3.8, 4) is 0 Å². The predicted octanol–water partition coefficient (Wildman–Crippen LogP) is 4.20. The maximum Gasteiger partial charge on any atom is 0.416 e. The van der Waals surface area contributed by atoms with Gasteiger partial charge in [0, 0.05) is 51.5 Å². The number of pyridine rings is 1. The fourth-order valence-electron chi connectivity index (χ4n) is 4.86. The first-order valence-corrected chi connectivity index (χ1v) is 11.9. The van der Waals surface area contributed by atoms with Gasteiger partial charge in [0.25, 0.3) is 0 Å². The third-order valence-electron chi connectivity index (χ3n) is 6.76. The smallest absolute Gasteiger partial charge is 0.365 e. The summed E-state index contributed by atoms with van der Waals surface area (Å²) in [6.07, 6.45) is -0.387. The van der Waals surface area contributed by atoms with Crippen molar-refractivity contribution in [2.45, 2.75) is 45.3 Å². The highest BCUT2D eigenvalue weighted by Crippen LogP contribution is 2.35. The first-order valence-electron chi connectivity index (χ1n) is 11.9. The van der Waals surface area contributed by atoms with Crippen molar-refractivity contribution in [3.63, 3.8) is 0 Å². The molecule has 0 radical (unpaired) electrons. The molecule has 5 rings (SSSR count). The van der Waals surface area contributed by atoms with Crippen LogP contribution in [-0.2, 0) is 30.4 Å². The summed E-state index contributed by atoms with van der Waals surface area (Å²) in [7, 11) is 0. The van der Waals surface area contributed by atoms with E-state index in [1.165, 1.54) is 6.07 Å². The summed E-state index contributed by atoms with van der Waals surface area (Å²) in [4.78, 5) is 29.6. The molecule has 1 N–H and O–H groups in total. The van der Waals surface area contributed by atoms with Crippen LogP contribution in [-0.4, -0.2) is 51.9 Å².